The van der Waals surface area contributed by atoms with Crippen molar-refractivity contribution in [3.8, 4) is 34.5 Å². The molecule has 0 radical (unpaired) electrons. The zero-order valence-corrected chi connectivity index (χ0v) is 28.9. The van der Waals surface area contributed by atoms with Gasteiger partial charge in [0.1, 0.15) is 31.1 Å². The van der Waals surface area contributed by atoms with Crippen LogP contribution in [0.5, 0.6) is 34.5 Å². The molecule has 9 heteroatoms. The second kappa shape index (κ2) is 17.8. The van der Waals surface area contributed by atoms with Crippen LogP contribution < -0.4 is 28.4 Å². The zero-order chi connectivity index (χ0) is 35.3. The first-order valence-corrected chi connectivity index (χ1v) is 16.1. The topological polar surface area (TPSA) is 90.9 Å². The largest absolute Gasteiger partial charge is 0.493 e. The highest BCUT2D eigenvalue weighted by molar-refractivity contribution is 6.07. The Morgan fingerprint density at radius 3 is 1.48 bits per heavy atom. The Morgan fingerprint density at radius 2 is 1.00 bits per heavy atom. The second-order valence-corrected chi connectivity index (χ2v) is 11.2. The molecule has 0 saturated carbocycles. The Morgan fingerprint density at radius 1 is 0.500 bits per heavy atom. The monoisotopic (exact) mass is 678 g/mol. The Kier molecular flexibility index (Phi) is 12.7. The molecule has 0 aromatic heterocycles. The molecule has 0 aliphatic heterocycles. The molecule has 0 spiro atoms. The lowest BCUT2D eigenvalue weighted by Crippen LogP contribution is -2.30. The van der Waals surface area contributed by atoms with E-state index in [1.807, 2.05) is 91.0 Å². The minimum atomic E-state index is -1.00. The first-order chi connectivity index (χ1) is 24.5. The predicted molar refractivity (Wildman–Crippen MR) is 190 cm³/mol. The summed E-state index contributed by atoms with van der Waals surface area (Å²) < 4.78 is 47.8. The lowest BCUT2D eigenvalue weighted by molar-refractivity contribution is -0.110. The van der Waals surface area contributed by atoms with Crippen LogP contribution in [0.2, 0.25) is 0 Å². The molecule has 5 rings (SSSR count). The standard InChI is InChI=1S/C41H42O9/c1-43-32-22-21-31(23-33(32)48-25-28-15-9-6-10-16-28)36(41(46-4)47-5)38(42)37-34(49-26-29-17-11-7-12-18-29)24-35(44-2)39(40(37)45-3)50-27-30-19-13-8-14-20-30/h6-24,36,41H,25-27H2,1-5H3. The molecular formula is C41H42O9. The van der Waals surface area contributed by atoms with Gasteiger partial charge in [-0.3, -0.25) is 4.79 Å². The van der Waals surface area contributed by atoms with Crippen LogP contribution >= 0.6 is 0 Å². The summed E-state index contributed by atoms with van der Waals surface area (Å²) >= 11 is 0. The molecule has 0 aliphatic rings. The third-order valence-electron chi connectivity index (χ3n) is 8.10. The van der Waals surface area contributed by atoms with Crippen LogP contribution in [-0.4, -0.2) is 47.6 Å². The molecule has 0 amide bonds. The van der Waals surface area contributed by atoms with Crippen LogP contribution in [0.3, 0.4) is 0 Å². The van der Waals surface area contributed by atoms with Crippen molar-refractivity contribution in [2.24, 2.45) is 0 Å². The van der Waals surface area contributed by atoms with Gasteiger partial charge in [-0.25, -0.2) is 0 Å². The van der Waals surface area contributed by atoms with E-state index >= 15 is 4.79 Å². The molecule has 50 heavy (non-hydrogen) atoms. The zero-order valence-electron chi connectivity index (χ0n) is 28.9. The summed E-state index contributed by atoms with van der Waals surface area (Å²) in [7, 11) is 7.53. The van der Waals surface area contributed by atoms with E-state index in [4.69, 9.17) is 37.9 Å². The number of benzene rings is 5. The molecule has 0 N–H and O–H groups in total. The number of ether oxygens (including phenoxy) is 8. The minimum Gasteiger partial charge on any atom is -0.493 e. The number of carbonyl (C=O) groups is 1. The van der Waals surface area contributed by atoms with Crippen LogP contribution in [-0.2, 0) is 29.3 Å². The van der Waals surface area contributed by atoms with E-state index < -0.39 is 18.0 Å². The normalized spacial score (nSPS) is 11.5. The van der Waals surface area contributed by atoms with Crippen LogP contribution in [0.4, 0.5) is 0 Å². The summed E-state index contributed by atoms with van der Waals surface area (Å²) in [6.07, 6.45) is -1.000. The Bertz CT molecular complexity index is 1810. The lowest BCUT2D eigenvalue weighted by atomic mass is 9.88. The number of hydrogen-bond donors (Lipinski definition) is 0. The van der Waals surface area contributed by atoms with Crippen molar-refractivity contribution in [1.82, 2.24) is 0 Å². The molecule has 1 atom stereocenters. The van der Waals surface area contributed by atoms with E-state index in [1.165, 1.54) is 28.4 Å². The number of methoxy groups -OCH3 is 5. The summed E-state index contributed by atoms with van der Waals surface area (Å²) in [6, 6.07) is 36.1. The van der Waals surface area contributed by atoms with E-state index in [0.717, 1.165) is 16.7 Å². The fourth-order valence-corrected chi connectivity index (χ4v) is 5.58. The van der Waals surface area contributed by atoms with Gasteiger partial charge in [0.25, 0.3) is 0 Å². The number of ketones is 1. The quantitative estimate of drug-likeness (QED) is 0.0675. The molecule has 0 fully saturated rings. The van der Waals surface area contributed by atoms with E-state index in [9.17, 15) is 0 Å². The average molecular weight is 679 g/mol. The SMILES string of the molecule is COc1ccc(C(C(=O)c2c(OCc3ccccc3)cc(OC)c(OCc3ccccc3)c2OC)C(OC)OC)cc1OCc1ccccc1. The van der Waals surface area contributed by atoms with E-state index in [1.54, 1.807) is 31.4 Å². The number of Topliss-reactive ketones (excluding diaryl/α,β-unsaturated/α-hetero) is 1. The van der Waals surface area contributed by atoms with Gasteiger partial charge in [-0.1, -0.05) is 97.1 Å². The van der Waals surface area contributed by atoms with Gasteiger partial charge in [0.05, 0.1) is 27.2 Å². The van der Waals surface area contributed by atoms with Gasteiger partial charge in [0.2, 0.25) is 5.75 Å². The summed E-state index contributed by atoms with van der Waals surface area (Å²) in [5.74, 6) is 0.539. The first-order valence-electron chi connectivity index (χ1n) is 16.1. The highest BCUT2D eigenvalue weighted by atomic mass is 16.7. The van der Waals surface area contributed by atoms with Crippen LogP contribution in [0.1, 0.15) is 38.5 Å². The Balaban J connectivity index is 1.62. The molecule has 0 heterocycles. The minimum absolute atomic E-state index is 0.138. The van der Waals surface area contributed by atoms with Crippen LogP contribution in [0.25, 0.3) is 0 Å². The highest BCUT2D eigenvalue weighted by Crippen LogP contribution is 2.48. The maximum atomic E-state index is 15.1. The summed E-state index contributed by atoms with van der Waals surface area (Å²) in [5, 5.41) is 0. The van der Waals surface area contributed by atoms with Crippen molar-refractivity contribution in [2.75, 3.05) is 35.5 Å². The molecule has 5 aromatic rings. The average Bonchev–Trinajstić information content (AvgIpc) is 3.17. The molecular weight excluding hydrogens is 636 g/mol. The number of rotatable bonds is 18. The van der Waals surface area contributed by atoms with Crippen molar-refractivity contribution < 1.29 is 42.7 Å². The highest BCUT2D eigenvalue weighted by Gasteiger charge is 2.37. The maximum absolute atomic E-state index is 15.1. The maximum Gasteiger partial charge on any atom is 0.204 e. The molecule has 5 aromatic carbocycles. The van der Waals surface area contributed by atoms with Crippen molar-refractivity contribution >= 4 is 5.78 Å². The van der Waals surface area contributed by atoms with E-state index in [0.29, 0.717) is 29.4 Å². The summed E-state index contributed by atoms with van der Waals surface area (Å²) in [4.78, 5) is 15.1. The van der Waals surface area contributed by atoms with Crippen molar-refractivity contribution in [3.63, 3.8) is 0 Å². The summed E-state index contributed by atoms with van der Waals surface area (Å²) in [5.41, 5.74) is 3.51. The Hall–Kier alpha value is -5.51. The van der Waals surface area contributed by atoms with Crippen molar-refractivity contribution in [3.05, 3.63) is 143 Å². The van der Waals surface area contributed by atoms with Crippen LogP contribution in [0, 0.1) is 0 Å². The van der Waals surface area contributed by atoms with Gasteiger partial charge < -0.3 is 37.9 Å². The van der Waals surface area contributed by atoms with E-state index in [-0.39, 0.29) is 36.0 Å². The van der Waals surface area contributed by atoms with Crippen LogP contribution in [0.15, 0.2) is 115 Å². The van der Waals surface area contributed by atoms with Gasteiger partial charge in [-0.2, -0.15) is 0 Å². The van der Waals surface area contributed by atoms with Crippen molar-refractivity contribution in [2.45, 2.75) is 32.0 Å². The molecule has 0 bridgehead atoms. The smallest absolute Gasteiger partial charge is 0.204 e. The molecule has 9 nitrogen and oxygen atoms in total. The summed E-state index contributed by atoms with van der Waals surface area (Å²) in [6.45, 7) is 0.678. The molecule has 0 aliphatic carbocycles. The van der Waals surface area contributed by atoms with Crippen molar-refractivity contribution in [1.29, 1.82) is 0 Å². The van der Waals surface area contributed by atoms with E-state index in [2.05, 4.69) is 0 Å². The third kappa shape index (κ3) is 8.55. The lowest BCUT2D eigenvalue weighted by Gasteiger charge is -2.27. The van der Waals surface area contributed by atoms with Gasteiger partial charge in [-0.15, -0.1) is 0 Å². The number of hydrogen-bond acceptors (Lipinski definition) is 9. The van der Waals surface area contributed by atoms with Gasteiger partial charge in [-0.05, 0) is 34.4 Å². The molecule has 0 saturated heterocycles. The fourth-order valence-electron chi connectivity index (χ4n) is 5.58. The number of carbonyl (C=O) groups excluding carboxylic acids is 1. The first kappa shape index (κ1) is 35.8. The third-order valence-corrected chi connectivity index (χ3v) is 8.10. The predicted octanol–water partition coefficient (Wildman–Crippen LogP) is 8.03. The fraction of sp³-hybridized carbons (Fsp3) is 0.244. The second-order valence-electron chi connectivity index (χ2n) is 11.2. The Labute approximate surface area is 293 Å². The van der Waals surface area contributed by atoms with Gasteiger partial charge >= 0.3 is 0 Å². The van der Waals surface area contributed by atoms with Gasteiger partial charge in [0, 0.05) is 20.3 Å². The molecule has 260 valence electrons. The molecule has 1 unspecified atom stereocenters. The van der Waals surface area contributed by atoms with Gasteiger partial charge in [0.15, 0.2) is 35.1 Å².